The fraction of sp³-hybridized carbons (Fsp3) is 0.429. The Morgan fingerprint density at radius 1 is 1.25 bits per heavy atom. The van der Waals surface area contributed by atoms with Crippen LogP contribution in [0.25, 0.3) is 10.3 Å². The number of alkyl halides is 3. The van der Waals surface area contributed by atoms with Crippen LogP contribution in [0.4, 0.5) is 18.3 Å². The lowest BCUT2D eigenvalue weighted by molar-refractivity contribution is -0.182. The summed E-state index contributed by atoms with van der Waals surface area (Å²) in [4.78, 5) is 37.8. The first-order valence-corrected chi connectivity index (χ1v) is 11.0. The van der Waals surface area contributed by atoms with E-state index in [2.05, 4.69) is 20.3 Å². The van der Waals surface area contributed by atoms with Crippen LogP contribution < -0.4 is 15.8 Å². The molecular weight excluding hydrogens is 443 g/mol. The minimum atomic E-state index is -4.58. The highest BCUT2D eigenvalue weighted by atomic mass is 32.1. The first kappa shape index (κ1) is 22.3. The van der Waals surface area contributed by atoms with Crippen molar-refractivity contribution in [3.8, 4) is 0 Å². The number of rotatable bonds is 5. The summed E-state index contributed by atoms with van der Waals surface area (Å²) in [6.45, 7) is 2.88. The normalized spacial score (nSPS) is 17.2. The van der Waals surface area contributed by atoms with E-state index in [9.17, 15) is 22.8 Å². The van der Waals surface area contributed by atoms with E-state index in [4.69, 9.17) is 0 Å². The van der Waals surface area contributed by atoms with E-state index in [1.807, 2.05) is 30.3 Å². The van der Waals surface area contributed by atoms with E-state index < -0.39 is 29.0 Å². The smallest absolute Gasteiger partial charge is 0.350 e. The molecule has 3 aromatic rings. The third-order valence-corrected chi connectivity index (χ3v) is 6.66. The van der Waals surface area contributed by atoms with E-state index in [1.54, 1.807) is 4.90 Å². The molecule has 1 amide bonds. The molecule has 3 heterocycles. The van der Waals surface area contributed by atoms with Gasteiger partial charge in [-0.2, -0.15) is 13.2 Å². The average molecular weight is 466 g/mol. The monoisotopic (exact) mass is 465 g/mol. The third-order valence-electron chi connectivity index (χ3n) is 5.67. The maximum Gasteiger partial charge on any atom is 0.400 e. The second-order valence-electron chi connectivity index (χ2n) is 8.24. The van der Waals surface area contributed by atoms with Crippen molar-refractivity contribution in [1.29, 1.82) is 0 Å². The molecule has 1 saturated heterocycles. The lowest BCUT2D eigenvalue weighted by atomic mass is 9.91. The molecule has 2 aromatic heterocycles. The van der Waals surface area contributed by atoms with Crippen molar-refractivity contribution in [2.24, 2.45) is 0 Å². The Labute approximate surface area is 185 Å². The van der Waals surface area contributed by atoms with Gasteiger partial charge in [-0.3, -0.25) is 9.59 Å². The summed E-state index contributed by atoms with van der Waals surface area (Å²) in [5.41, 5.74) is -2.10. The molecular formula is C21H22F3N5O2S. The Morgan fingerprint density at radius 2 is 1.97 bits per heavy atom. The predicted molar refractivity (Wildman–Crippen MR) is 116 cm³/mol. The SMILES string of the molecule is CC(C)(c1nc2sc(N3CCCC3C(=O)NCc3ccccc3)nc2c(=O)[nH]1)C(F)(F)F. The minimum Gasteiger partial charge on any atom is -0.350 e. The number of nitrogens with zero attached hydrogens (tertiary/aromatic N) is 3. The zero-order valence-corrected chi connectivity index (χ0v) is 18.3. The van der Waals surface area contributed by atoms with Crippen LogP contribution >= 0.6 is 11.3 Å². The van der Waals surface area contributed by atoms with Crippen molar-refractivity contribution in [1.82, 2.24) is 20.3 Å². The molecule has 170 valence electrons. The van der Waals surface area contributed by atoms with E-state index in [0.29, 0.717) is 24.6 Å². The quantitative estimate of drug-likeness (QED) is 0.602. The molecule has 0 radical (unpaired) electrons. The van der Waals surface area contributed by atoms with E-state index in [0.717, 1.165) is 37.2 Å². The van der Waals surface area contributed by atoms with Crippen LogP contribution in [0.1, 0.15) is 38.1 Å². The second kappa shape index (κ2) is 8.19. The van der Waals surface area contributed by atoms with Gasteiger partial charge in [-0.15, -0.1) is 0 Å². The van der Waals surface area contributed by atoms with Gasteiger partial charge in [0.25, 0.3) is 5.56 Å². The number of anilines is 1. The van der Waals surface area contributed by atoms with Crippen LogP contribution in [0.5, 0.6) is 0 Å². The van der Waals surface area contributed by atoms with Gasteiger partial charge in [0.1, 0.15) is 17.3 Å². The van der Waals surface area contributed by atoms with Crippen LogP contribution in [0.2, 0.25) is 0 Å². The summed E-state index contributed by atoms with van der Waals surface area (Å²) in [6, 6.07) is 9.04. The van der Waals surface area contributed by atoms with Crippen LogP contribution in [0, 0.1) is 0 Å². The summed E-state index contributed by atoms with van der Waals surface area (Å²) in [7, 11) is 0. The van der Waals surface area contributed by atoms with Crippen molar-refractivity contribution in [3.05, 3.63) is 52.1 Å². The standard InChI is InChI=1S/C21H22F3N5O2S/c1-20(2,21(22,23)24)18-27-16(31)14-17(28-18)32-19(26-14)29-10-6-9-13(29)15(30)25-11-12-7-4-3-5-8-12/h3-5,7-8,13H,6,9-11H2,1-2H3,(H,25,30)(H,27,28,31). The van der Waals surface area contributed by atoms with Crippen LogP contribution in [-0.4, -0.2) is 39.6 Å². The zero-order valence-electron chi connectivity index (χ0n) is 17.5. The Kier molecular flexibility index (Phi) is 5.70. The average Bonchev–Trinajstić information content (AvgIpc) is 3.39. The van der Waals surface area contributed by atoms with Crippen molar-refractivity contribution in [2.75, 3.05) is 11.4 Å². The molecule has 0 bridgehead atoms. The first-order chi connectivity index (χ1) is 15.1. The number of carbonyl (C=O) groups excluding carboxylic acids is 1. The summed E-state index contributed by atoms with van der Waals surface area (Å²) >= 11 is 1.02. The lowest BCUT2D eigenvalue weighted by Gasteiger charge is -2.26. The topological polar surface area (TPSA) is 91.0 Å². The van der Waals surface area contributed by atoms with Gasteiger partial charge >= 0.3 is 6.18 Å². The summed E-state index contributed by atoms with van der Waals surface area (Å²) in [5, 5.41) is 3.32. The number of hydrogen-bond acceptors (Lipinski definition) is 6. The Balaban J connectivity index is 1.59. The summed E-state index contributed by atoms with van der Waals surface area (Å²) < 4.78 is 40.2. The first-order valence-electron chi connectivity index (χ1n) is 10.1. The van der Waals surface area contributed by atoms with Gasteiger partial charge in [0.15, 0.2) is 15.5 Å². The number of halogens is 3. The number of carbonyl (C=O) groups is 1. The van der Waals surface area contributed by atoms with Crippen LogP contribution in [-0.2, 0) is 16.8 Å². The molecule has 1 aliphatic heterocycles. The fourth-order valence-corrected chi connectivity index (χ4v) is 4.56. The molecule has 1 atom stereocenters. The molecule has 1 fully saturated rings. The van der Waals surface area contributed by atoms with E-state index in [-0.39, 0.29) is 16.3 Å². The molecule has 1 unspecified atom stereocenters. The molecule has 0 saturated carbocycles. The van der Waals surface area contributed by atoms with Gasteiger partial charge in [-0.1, -0.05) is 41.7 Å². The van der Waals surface area contributed by atoms with Crippen molar-refractivity contribution in [3.63, 3.8) is 0 Å². The van der Waals surface area contributed by atoms with Crippen molar-refractivity contribution < 1.29 is 18.0 Å². The number of amides is 1. The fourth-order valence-electron chi connectivity index (χ4n) is 3.55. The van der Waals surface area contributed by atoms with Gasteiger partial charge in [0.05, 0.1) is 0 Å². The summed E-state index contributed by atoms with van der Waals surface area (Å²) in [5.74, 6) is -0.623. The highest BCUT2D eigenvalue weighted by molar-refractivity contribution is 7.21. The Bertz CT molecular complexity index is 1190. The third kappa shape index (κ3) is 4.08. The maximum atomic E-state index is 13.4. The lowest BCUT2D eigenvalue weighted by Crippen LogP contribution is -2.43. The van der Waals surface area contributed by atoms with E-state index in [1.165, 1.54) is 0 Å². The van der Waals surface area contributed by atoms with Gasteiger partial charge in [0, 0.05) is 13.1 Å². The molecule has 32 heavy (non-hydrogen) atoms. The largest absolute Gasteiger partial charge is 0.400 e. The Hall–Kier alpha value is -2.95. The number of fused-ring (bicyclic) bond motifs is 1. The van der Waals surface area contributed by atoms with Crippen molar-refractivity contribution >= 4 is 32.7 Å². The van der Waals surface area contributed by atoms with Gasteiger partial charge < -0.3 is 15.2 Å². The predicted octanol–water partition coefficient (Wildman–Crippen LogP) is 3.50. The highest BCUT2D eigenvalue weighted by Crippen LogP contribution is 2.39. The summed E-state index contributed by atoms with van der Waals surface area (Å²) in [6.07, 6.45) is -3.21. The highest BCUT2D eigenvalue weighted by Gasteiger charge is 2.50. The molecule has 4 rings (SSSR count). The van der Waals surface area contributed by atoms with E-state index >= 15 is 0 Å². The molecule has 11 heteroatoms. The van der Waals surface area contributed by atoms with Crippen LogP contribution in [0.15, 0.2) is 35.1 Å². The van der Waals surface area contributed by atoms with Crippen molar-refractivity contribution in [2.45, 2.75) is 50.9 Å². The maximum absolute atomic E-state index is 13.4. The van der Waals surface area contributed by atoms with Gasteiger partial charge in [-0.05, 0) is 32.3 Å². The molecule has 2 N–H and O–H groups in total. The molecule has 1 aromatic carbocycles. The number of benzene rings is 1. The van der Waals surface area contributed by atoms with Crippen LogP contribution in [0.3, 0.4) is 0 Å². The number of aromatic nitrogens is 3. The molecule has 1 aliphatic rings. The number of hydrogen-bond donors (Lipinski definition) is 2. The number of H-pyrrole nitrogens is 1. The van der Waals surface area contributed by atoms with Gasteiger partial charge in [-0.25, -0.2) is 9.97 Å². The minimum absolute atomic E-state index is 0.0259. The molecule has 0 spiro atoms. The zero-order chi connectivity index (χ0) is 23.1. The van der Waals surface area contributed by atoms with Gasteiger partial charge in [0.2, 0.25) is 5.91 Å². The number of aromatic amines is 1. The second-order valence-corrected chi connectivity index (χ2v) is 9.20. The molecule has 7 nitrogen and oxygen atoms in total. The number of nitrogens with one attached hydrogen (secondary N) is 2. The number of thiazole rings is 1. The molecule has 0 aliphatic carbocycles. The Morgan fingerprint density at radius 3 is 2.66 bits per heavy atom.